The Morgan fingerprint density at radius 2 is 1.65 bits per heavy atom. The average molecular weight is 555 g/mol. The minimum atomic E-state index is -0.212. The van der Waals surface area contributed by atoms with Crippen LogP contribution in [0.3, 0.4) is 0 Å². The zero-order valence-electron chi connectivity index (χ0n) is 25.1. The summed E-state index contributed by atoms with van der Waals surface area (Å²) in [6, 6.07) is 0. The van der Waals surface area contributed by atoms with Crippen LogP contribution in [0.4, 0.5) is 0 Å². The minimum absolute atomic E-state index is 0.0734. The number of carbonyl (C=O) groups is 2. The quantitative estimate of drug-likeness (QED) is 0.592. The van der Waals surface area contributed by atoms with Crippen molar-refractivity contribution in [2.75, 3.05) is 26.2 Å². The van der Waals surface area contributed by atoms with E-state index < -0.39 is 0 Å². The van der Waals surface area contributed by atoms with E-state index in [1.807, 2.05) is 4.90 Å². The molecule has 9 nitrogen and oxygen atoms in total. The van der Waals surface area contributed by atoms with Crippen molar-refractivity contribution >= 4 is 11.8 Å². The second kappa shape index (κ2) is 10.7. The van der Waals surface area contributed by atoms with Crippen molar-refractivity contribution in [3.63, 3.8) is 0 Å². The smallest absolute Gasteiger partial charge is 0.295 e. The number of aryl methyl sites for hydroxylation is 1. The largest absolute Gasteiger partial charge is 0.393 e. The molecule has 9 atom stereocenters. The zero-order chi connectivity index (χ0) is 28.2. The van der Waals surface area contributed by atoms with E-state index in [1.165, 1.54) is 49.7 Å². The third kappa shape index (κ3) is 4.78. The first-order chi connectivity index (χ1) is 19.1. The molecule has 1 saturated heterocycles. The molecule has 2 amide bonds. The van der Waals surface area contributed by atoms with Crippen LogP contribution in [0, 0.1) is 46.3 Å². The lowest BCUT2D eigenvalue weighted by molar-refractivity contribution is -0.134. The van der Waals surface area contributed by atoms with Crippen molar-refractivity contribution < 1.29 is 14.7 Å². The molecule has 1 aliphatic heterocycles. The van der Waals surface area contributed by atoms with E-state index in [4.69, 9.17) is 0 Å². The van der Waals surface area contributed by atoms with Gasteiger partial charge in [0.2, 0.25) is 5.91 Å². The maximum Gasteiger partial charge on any atom is 0.295 e. The molecule has 0 bridgehead atoms. The number of hydrogen-bond acceptors (Lipinski definition) is 6. The summed E-state index contributed by atoms with van der Waals surface area (Å²) in [5.74, 6) is 4.63. The number of fused-ring (bicyclic) bond motifs is 5. The summed E-state index contributed by atoms with van der Waals surface area (Å²) in [6.07, 6.45) is 12.8. The molecule has 0 radical (unpaired) electrons. The van der Waals surface area contributed by atoms with Gasteiger partial charge in [0.1, 0.15) is 0 Å². The first-order valence-electron chi connectivity index (χ1n) is 16.1. The molecule has 0 aromatic carbocycles. The molecule has 5 fully saturated rings. The maximum atomic E-state index is 13.2. The number of rotatable bonds is 5. The van der Waals surface area contributed by atoms with Gasteiger partial charge in [0.05, 0.1) is 13.2 Å². The van der Waals surface area contributed by atoms with Crippen LogP contribution in [-0.4, -0.2) is 79.2 Å². The SMILES string of the molecule is CC(CCC(=O)N1CCN(C(=O)c2nnn(C)n2)CC1)[C@H]1CC[C@H]2[C@@H]3CC[C@H]4C[C@@H](O)CC[C@]4(C)[C@H]3CC[C@]12C. The van der Waals surface area contributed by atoms with Gasteiger partial charge in [0.15, 0.2) is 0 Å². The van der Waals surface area contributed by atoms with Gasteiger partial charge in [0, 0.05) is 32.6 Å². The number of nitrogens with zero attached hydrogens (tertiary/aromatic N) is 6. The average Bonchev–Trinajstić information content (AvgIpc) is 3.54. The third-order valence-corrected chi connectivity index (χ3v) is 12.8. The number of tetrazole rings is 1. The molecule has 40 heavy (non-hydrogen) atoms. The zero-order valence-corrected chi connectivity index (χ0v) is 25.1. The monoisotopic (exact) mass is 554 g/mol. The Kier molecular flexibility index (Phi) is 7.49. The standard InChI is InChI=1S/C31H50N6O3/c1-20(5-10-27(39)36-15-17-37(18-16-36)29(40)28-32-34-35(4)33-28)24-8-9-25-23-7-6-21-19-22(38)11-13-30(21,2)26(23)12-14-31(24,25)3/h20-26,38H,5-19H2,1-4H3/t20?,21-,22-,23-,24+,25-,26-,30-,31+/m0/s1. The van der Waals surface area contributed by atoms with Crippen molar-refractivity contribution in [3.05, 3.63) is 5.82 Å². The van der Waals surface area contributed by atoms with Gasteiger partial charge in [0.25, 0.3) is 11.7 Å². The van der Waals surface area contributed by atoms with Gasteiger partial charge in [-0.05, 0) is 116 Å². The van der Waals surface area contributed by atoms with Crippen LogP contribution in [0.25, 0.3) is 0 Å². The van der Waals surface area contributed by atoms with Gasteiger partial charge in [-0.15, -0.1) is 10.2 Å². The van der Waals surface area contributed by atoms with E-state index >= 15 is 0 Å². The molecule has 1 aromatic rings. The Labute approximate surface area is 239 Å². The first-order valence-corrected chi connectivity index (χ1v) is 16.1. The van der Waals surface area contributed by atoms with Crippen molar-refractivity contribution in [3.8, 4) is 0 Å². The number of amides is 2. The molecule has 1 N–H and O–H groups in total. The van der Waals surface area contributed by atoms with E-state index in [2.05, 4.69) is 36.2 Å². The predicted molar refractivity (Wildman–Crippen MR) is 151 cm³/mol. The van der Waals surface area contributed by atoms with Gasteiger partial charge in [-0.2, -0.15) is 4.80 Å². The molecule has 222 valence electrons. The Balaban J connectivity index is 1.01. The minimum Gasteiger partial charge on any atom is -0.393 e. The molecule has 5 aliphatic rings. The van der Waals surface area contributed by atoms with Gasteiger partial charge >= 0.3 is 0 Å². The Morgan fingerprint density at radius 3 is 2.38 bits per heavy atom. The van der Waals surface area contributed by atoms with Crippen LogP contribution in [0.5, 0.6) is 0 Å². The topological polar surface area (TPSA) is 104 Å². The number of carbonyl (C=O) groups excluding carboxylic acids is 2. The van der Waals surface area contributed by atoms with Gasteiger partial charge in [-0.25, -0.2) is 0 Å². The van der Waals surface area contributed by atoms with E-state index in [-0.39, 0.29) is 23.7 Å². The van der Waals surface area contributed by atoms with Crippen LogP contribution in [0.15, 0.2) is 0 Å². The fourth-order valence-corrected chi connectivity index (χ4v) is 10.6. The molecule has 1 unspecified atom stereocenters. The summed E-state index contributed by atoms with van der Waals surface area (Å²) in [7, 11) is 1.65. The highest BCUT2D eigenvalue weighted by atomic mass is 16.3. The van der Waals surface area contributed by atoms with Crippen LogP contribution in [0.1, 0.15) is 102 Å². The summed E-state index contributed by atoms with van der Waals surface area (Å²) in [5.41, 5.74) is 0.834. The van der Waals surface area contributed by atoms with Gasteiger partial charge in [-0.3, -0.25) is 9.59 Å². The third-order valence-electron chi connectivity index (χ3n) is 12.8. The Bertz CT molecular complexity index is 1100. The number of hydrogen-bond donors (Lipinski definition) is 1. The van der Waals surface area contributed by atoms with Crippen LogP contribution in [0.2, 0.25) is 0 Å². The number of aliphatic hydroxyl groups is 1. The Morgan fingerprint density at radius 1 is 0.950 bits per heavy atom. The number of aromatic nitrogens is 4. The molecular formula is C31H50N6O3. The predicted octanol–water partition coefficient (Wildman–Crippen LogP) is 3.93. The summed E-state index contributed by atoms with van der Waals surface area (Å²) in [4.78, 5) is 30.7. The number of piperazine rings is 1. The molecule has 6 rings (SSSR count). The normalized spacial score (nSPS) is 40.2. The fraction of sp³-hybridized carbons (Fsp3) is 0.903. The molecule has 4 aliphatic carbocycles. The Hall–Kier alpha value is -2.03. The van der Waals surface area contributed by atoms with Gasteiger partial charge in [-0.1, -0.05) is 20.8 Å². The molecule has 0 spiro atoms. The van der Waals surface area contributed by atoms with Crippen molar-refractivity contribution in [1.82, 2.24) is 30.0 Å². The summed E-state index contributed by atoms with van der Waals surface area (Å²) in [6.45, 7) is 9.76. The van der Waals surface area contributed by atoms with E-state index in [9.17, 15) is 14.7 Å². The molecular weight excluding hydrogens is 504 g/mol. The van der Waals surface area contributed by atoms with Gasteiger partial charge < -0.3 is 14.9 Å². The fourth-order valence-electron chi connectivity index (χ4n) is 10.6. The van der Waals surface area contributed by atoms with Crippen molar-refractivity contribution in [2.24, 2.45) is 53.4 Å². The van der Waals surface area contributed by atoms with Crippen LogP contribution < -0.4 is 0 Å². The highest BCUT2D eigenvalue weighted by molar-refractivity contribution is 5.90. The van der Waals surface area contributed by atoms with E-state index in [0.29, 0.717) is 61.2 Å². The summed E-state index contributed by atoms with van der Waals surface area (Å²) < 4.78 is 0. The second-order valence-electron chi connectivity index (χ2n) is 14.6. The number of aliphatic hydroxyl groups excluding tert-OH is 1. The summed E-state index contributed by atoms with van der Waals surface area (Å²) in [5, 5.41) is 22.0. The van der Waals surface area contributed by atoms with Crippen LogP contribution in [-0.2, 0) is 11.8 Å². The van der Waals surface area contributed by atoms with Crippen molar-refractivity contribution in [2.45, 2.75) is 97.5 Å². The molecule has 1 aromatic heterocycles. The second-order valence-corrected chi connectivity index (χ2v) is 14.6. The van der Waals surface area contributed by atoms with E-state index in [1.54, 1.807) is 11.9 Å². The molecule has 4 saturated carbocycles. The lowest BCUT2D eigenvalue weighted by atomic mass is 9.44. The van der Waals surface area contributed by atoms with Crippen LogP contribution >= 0.6 is 0 Å². The molecule has 2 heterocycles. The summed E-state index contributed by atoms with van der Waals surface area (Å²) >= 11 is 0. The highest BCUT2D eigenvalue weighted by Crippen LogP contribution is 2.68. The maximum absolute atomic E-state index is 13.2. The highest BCUT2D eigenvalue weighted by Gasteiger charge is 2.60. The van der Waals surface area contributed by atoms with Crippen molar-refractivity contribution in [1.29, 1.82) is 0 Å². The lowest BCUT2D eigenvalue weighted by Crippen LogP contribution is -2.54. The first kappa shape index (κ1) is 28.1. The lowest BCUT2D eigenvalue weighted by Gasteiger charge is -2.61. The molecule has 9 heteroatoms. The van der Waals surface area contributed by atoms with E-state index in [0.717, 1.165) is 37.0 Å².